The van der Waals surface area contributed by atoms with E-state index >= 15 is 0 Å². The quantitative estimate of drug-likeness (QED) is 0.477. The Labute approximate surface area is 165 Å². The lowest BCUT2D eigenvalue weighted by Crippen LogP contribution is -2.33. The molecule has 2 rings (SSSR count). The molecule has 2 aromatic rings. The molecule has 0 saturated carbocycles. The van der Waals surface area contributed by atoms with Gasteiger partial charge in [0.15, 0.2) is 4.34 Å². The minimum absolute atomic E-state index is 0.0979. The van der Waals surface area contributed by atoms with Gasteiger partial charge in [-0.2, -0.15) is 0 Å². The van der Waals surface area contributed by atoms with Crippen molar-refractivity contribution >= 4 is 57.3 Å². The SMILES string of the molecule is C=CCNc1nnc(S[C@@H](C)C(=O)N[C@H](C)c2ccc(Cl)cc2Cl)s1. The number of thioether (sulfide) groups is 1. The van der Waals surface area contributed by atoms with Gasteiger partial charge in [-0.3, -0.25) is 4.79 Å². The first-order valence-corrected chi connectivity index (χ1v) is 9.96. The van der Waals surface area contributed by atoms with Gasteiger partial charge in [-0.25, -0.2) is 0 Å². The van der Waals surface area contributed by atoms with Crippen LogP contribution < -0.4 is 10.6 Å². The number of amides is 1. The number of halogens is 2. The van der Waals surface area contributed by atoms with Crippen molar-refractivity contribution in [3.05, 3.63) is 46.5 Å². The zero-order chi connectivity index (χ0) is 18.4. The number of nitrogens with zero attached hydrogens (tertiary/aromatic N) is 2. The zero-order valence-electron chi connectivity index (χ0n) is 13.8. The van der Waals surface area contributed by atoms with Gasteiger partial charge < -0.3 is 10.6 Å². The normalized spacial score (nSPS) is 13.1. The van der Waals surface area contributed by atoms with Crippen LogP contribution in [0.2, 0.25) is 10.0 Å². The van der Waals surface area contributed by atoms with Crippen LogP contribution in [0.15, 0.2) is 35.2 Å². The highest BCUT2D eigenvalue weighted by Crippen LogP contribution is 2.30. The van der Waals surface area contributed by atoms with Gasteiger partial charge in [-0.05, 0) is 31.5 Å². The van der Waals surface area contributed by atoms with Crippen molar-refractivity contribution in [1.82, 2.24) is 15.5 Å². The number of benzene rings is 1. The van der Waals surface area contributed by atoms with Gasteiger partial charge in [0, 0.05) is 16.6 Å². The molecule has 0 saturated heterocycles. The molecule has 0 aliphatic rings. The number of hydrogen-bond donors (Lipinski definition) is 2. The Morgan fingerprint density at radius 3 is 2.84 bits per heavy atom. The van der Waals surface area contributed by atoms with E-state index in [4.69, 9.17) is 23.2 Å². The second kappa shape index (κ2) is 9.43. The Balaban J connectivity index is 1.93. The smallest absolute Gasteiger partial charge is 0.233 e. The molecule has 2 atom stereocenters. The number of anilines is 1. The van der Waals surface area contributed by atoms with Crippen molar-refractivity contribution < 1.29 is 4.79 Å². The van der Waals surface area contributed by atoms with Crippen molar-refractivity contribution in [2.24, 2.45) is 0 Å². The van der Waals surface area contributed by atoms with Crippen LogP contribution >= 0.6 is 46.3 Å². The highest BCUT2D eigenvalue weighted by atomic mass is 35.5. The van der Waals surface area contributed by atoms with E-state index in [1.54, 1.807) is 18.2 Å². The van der Waals surface area contributed by atoms with E-state index in [1.165, 1.54) is 23.1 Å². The van der Waals surface area contributed by atoms with Crippen molar-refractivity contribution in [3.63, 3.8) is 0 Å². The Hall–Kier alpha value is -1.28. The molecule has 0 spiro atoms. The van der Waals surface area contributed by atoms with Crippen LogP contribution in [-0.4, -0.2) is 27.9 Å². The third-order valence-electron chi connectivity index (χ3n) is 3.24. The van der Waals surface area contributed by atoms with Crippen LogP contribution in [0.5, 0.6) is 0 Å². The van der Waals surface area contributed by atoms with E-state index in [1.807, 2.05) is 19.9 Å². The molecule has 0 radical (unpaired) electrons. The fourth-order valence-electron chi connectivity index (χ4n) is 1.95. The maximum atomic E-state index is 12.4. The summed E-state index contributed by atoms with van der Waals surface area (Å²) in [5.74, 6) is -0.0979. The van der Waals surface area contributed by atoms with E-state index in [2.05, 4.69) is 27.4 Å². The summed E-state index contributed by atoms with van der Waals surface area (Å²) in [4.78, 5) is 12.4. The molecule has 5 nitrogen and oxygen atoms in total. The number of carbonyl (C=O) groups excluding carboxylic acids is 1. The number of aromatic nitrogens is 2. The van der Waals surface area contributed by atoms with Crippen LogP contribution in [0.3, 0.4) is 0 Å². The summed E-state index contributed by atoms with van der Waals surface area (Å²) in [7, 11) is 0. The van der Waals surface area contributed by atoms with Gasteiger partial charge in [0.2, 0.25) is 11.0 Å². The van der Waals surface area contributed by atoms with Crippen LogP contribution in [0.4, 0.5) is 5.13 Å². The molecule has 0 aliphatic carbocycles. The number of nitrogens with one attached hydrogen (secondary N) is 2. The molecule has 0 aliphatic heterocycles. The lowest BCUT2D eigenvalue weighted by atomic mass is 10.1. The minimum atomic E-state index is -0.311. The van der Waals surface area contributed by atoms with Crippen molar-refractivity contribution in [2.45, 2.75) is 29.5 Å². The predicted molar refractivity (Wildman–Crippen MR) is 107 cm³/mol. The Morgan fingerprint density at radius 2 is 2.16 bits per heavy atom. The Kier molecular flexibility index (Phi) is 7.56. The zero-order valence-corrected chi connectivity index (χ0v) is 16.9. The van der Waals surface area contributed by atoms with Crippen molar-refractivity contribution in [2.75, 3.05) is 11.9 Å². The lowest BCUT2D eigenvalue weighted by molar-refractivity contribution is -0.120. The first-order valence-electron chi connectivity index (χ1n) is 7.51. The number of carbonyl (C=O) groups is 1. The molecule has 1 aromatic carbocycles. The molecular formula is C16H18Cl2N4OS2. The Bertz CT molecular complexity index is 753. The molecule has 1 aromatic heterocycles. The standard InChI is InChI=1S/C16H18Cl2N4OS2/c1-4-7-19-15-21-22-16(25-15)24-10(3)14(23)20-9(2)12-6-5-11(17)8-13(12)18/h4-6,8-10H,1,7H2,2-3H3,(H,19,21)(H,20,23)/t9-,10+/m1/s1. The fourth-order valence-corrected chi connectivity index (χ4v) is 4.44. The van der Waals surface area contributed by atoms with E-state index in [0.717, 1.165) is 9.90 Å². The minimum Gasteiger partial charge on any atom is -0.357 e. The molecule has 2 N–H and O–H groups in total. The second-order valence-electron chi connectivity index (χ2n) is 5.20. The van der Waals surface area contributed by atoms with Gasteiger partial charge in [0.25, 0.3) is 0 Å². The van der Waals surface area contributed by atoms with E-state index in [0.29, 0.717) is 21.7 Å². The molecule has 9 heteroatoms. The summed E-state index contributed by atoms with van der Waals surface area (Å²) in [6.07, 6.45) is 1.74. The Morgan fingerprint density at radius 1 is 1.40 bits per heavy atom. The fraction of sp³-hybridized carbons (Fsp3) is 0.312. The third-order valence-corrected chi connectivity index (χ3v) is 5.87. The summed E-state index contributed by atoms with van der Waals surface area (Å²) in [5.41, 5.74) is 0.823. The monoisotopic (exact) mass is 416 g/mol. The molecular weight excluding hydrogens is 399 g/mol. The largest absolute Gasteiger partial charge is 0.357 e. The van der Waals surface area contributed by atoms with Crippen LogP contribution in [-0.2, 0) is 4.79 Å². The van der Waals surface area contributed by atoms with E-state index < -0.39 is 0 Å². The first-order chi connectivity index (χ1) is 11.9. The van der Waals surface area contributed by atoms with E-state index in [-0.39, 0.29) is 17.2 Å². The average molecular weight is 417 g/mol. The summed E-state index contributed by atoms with van der Waals surface area (Å²) >= 11 is 14.9. The average Bonchev–Trinajstić information content (AvgIpc) is 3.00. The van der Waals surface area contributed by atoms with Crippen LogP contribution in [0.25, 0.3) is 0 Å². The van der Waals surface area contributed by atoms with Crippen LogP contribution in [0, 0.1) is 0 Å². The summed E-state index contributed by atoms with van der Waals surface area (Å²) in [6.45, 7) is 7.97. The summed E-state index contributed by atoms with van der Waals surface area (Å²) in [6, 6.07) is 5.01. The molecule has 0 fully saturated rings. The van der Waals surface area contributed by atoms with Gasteiger partial charge in [0.1, 0.15) is 0 Å². The summed E-state index contributed by atoms with van der Waals surface area (Å²) < 4.78 is 0.728. The maximum absolute atomic E-state index is 12.4. The van der Waals surface area contributed by atoms with Gasteiger partial charge in [-0.15, -0.1) is 16.8 Å². The predicted octanol–water partition coefficient (Wildman–Crippen LogP) is 4.80. The molecule has 1 amide bonds. The van der Waals surface area contributed by atoms with Gasteiger partial charge in [-0.1, -0.05) is 58.4 Å². The maximum Gasteiger partial charge on any atom is 0.233 e. The lowest BCUT2D eigenvalue weighted by Gasteiger charge is -2.18. The number of rotatable bonds is 8. The highest BCUT2D eigenvalue weighted by molar-refractivity contribution is 8.02. The molecule has 1 heterocycles. The summed E-state index contributed by atoms with van der Waals surface area (Å²) in [5, 5.41) is 15.6. The molecule has 0 unspecified atom stereocenters. The third kappa shape index (κ3) is 5.88. The van der Waals surface area contributed by atoms with E-state index in [9.17, 15) is 4.79 Å². The molecule has 25 heavy (non-hydrogen) atoms. The van der Waals surface area contributed by atoms with Crippen LogP contribution in [0.1, 0.15) is 25.5 Å². The van der Waals surface area contributed by atoms with Gasteiger partial charge in [0.05, 0.1) is 11.3 Å². The molecule has 0 bridgehead atoms. The van der Waals surface area contributed by atoms with Crippen molar-refractivity contribution in [1.29, 1.82) is 0 Å². The molecule has 134 valence electrons. The highest BCUT2D eigenvalue weighted by Gasteiger charge is 2.20. The second-order valence-corrected chi connectivity index (χ2v) is 8.61. The topological polar surface area (TPSA) is 66.9 Å². The first kappa shape index (κ1) is 20.0. The van der Waals surface area contributed by atoms with Gasteiger partial charge >= 0.3 is 0 Å². The number of hydrogen-bond acceptors (Lipinski definition) is 6. The van der Waals surface area contributed by atoms with Crippen molar-refractivity contribution in [3.8, 4) is 0 Å².